The van der Waals surface area contributed by atoms with Gasteiger partial charge >= 0.3 is 23.9 Å². The number of nitrogens with one attached hydrogen (secondary N) is 5. The van der Waals surface area contributed by atoms with Crippen LogP contribution in [-0.2, 0) is 66.9 Å². The zero-order valence-electron chi connectivity index (χ0n) is 41.9. The summed E-state index contributed by atoms with van der Waals surface area (Å²) in [5.74, 6) is -7.78. The van der Waals surface area contributed by atoms with Crippen molar-refractivity contribution in [1.29, 1.82) is 0 Å². The van der Waals surface area contributed by atoms with Gasteiger partial charge in [0.05, 0.1) is 39.6 Å². The Hall–Kier alpha value is -5.26. The molecule has 0 fully saturated rings. The van der Waals surface area contributed by atoms with Crippen LogP contribution >= 0.6 is 0 Å². The lowest BCUT2D eigenvalue weighted by molar-refractivity contribution is -0.144. The molecule has 0 aromatic rings. The van der Waals surface area contributed by atoms with Gasteiger partial charge in [0.1, 0.15) is 37.1 Å². The first-order valence-electron chi connectivity index (χ1n) is 25.1. The molecule has 0 radical (unpaired) electrons. The quantitative estimate of drug-likeness (QED) is 0.0396. The van der Waals surface area contributed by atoms with Crippen LogP contribution in [0, 0.1) is 5.92 Å². The van der Waals surface area contributed by atoms with Crippen LogP contribution in [0.3, 0.4) is 0 Å². The summed E-state index contributed by atoms with van der Waals surface area (Å²) in [7, 11) is 0. The molecule has 5 amide bonds. The smallest absolute Gasteiger partial charge is 0.326 e. The van der Waals surface area contributed by atoms with Crippen LogP contribution in [0.4, 0.5) is 0 Å². The van der Waals surface area contributed by atoms with Crippen LogP contribution in [0.5, 0.6) is 0 Å². The number of ether oxygens (including phenoxy) is 4. The van der Waals surface area contributed by atoms with Gasteiger partial charge in [-0.1, -0.05) is 90.9 Å². The highest BCUT2D eigenvalue weighted by Crippen LogP contribution is 2.14. The molecular formula is C48H83N5O18. The predicted octanol–water partition coefficient (Wildman–Crippen LogP) is 2.89. The molecule has 0 saturated heterocycles. The van der Waals surface area contributed by atoms with E-state index < -0.39 is 72.8 Å². The predicted molar refractivity (Wildman–Crippen MR) is 257 cm³/mol. The zero-order valence-corrected chi connectivity index (χ0v) is 41.9. The highest BCUT2D eigenvalue weighted by atomic mass is 16.5. The maximum Gasteiger partial charge on any atom is 0.326 e. The molecule has 0 rings (SSSR count). The number of carboxylic acid groups (broad SMARTS) is 4. The molecule has 0 unspecified atom stereocenters. The van der Waals surface area contributed by atoms with E-state index in [1.54, 1.807) is 13.8 Å². The zero-order chi connectivity index (χ0) is 53.1. The van der Waals surface area contributed by atoms with Crippen LogP contribution in [0.1, 0.15) is 155 Å². The molecule has 0 bridgehead atoms. The van der Waals surface area contributed by atoms with E-state index in [2.05, 4.69) is 26.6 Å². The number of ketones is 1. The molecule has 408 valence electrons. The van der Waals surface area contributed by atoms with E-state index in [0.29, 0.717) is 6.42 Å². The Kier molecular flexibility index (Phi) is 40.3. The van der Waals surface area contributed by atoms with Crippen molar-refractivity contribution in [2.75, 3.05) is 65.9 Å². The molecule has 0 aromatic carbocycles. The van der Waals surface area contributed by atoms with Crippen molar-refractivity contribution in [3.63, 3.8) is 0 Å². The van der Waals surface area contributed by atoms with E-state index in [9.17, 15) is 63.3 Å². The van der Waals surface area contributed by atoms with Gasteiger partial charge in [-0.15, -0.1) is 0 Å². The molecule has 23 heteroatoms. The Morgan fingerprint density at radius 1 is 0.366 bits per heavy atom. The lowest BCUT2D eigenvalue weighted by Crippen LogP contribution is -2.45. The number of unbranched alkanes of at least 4 members (excludes halogenated alkanes) is 13. The Balaban J connectivity index is 3.89. The van der Waals surface area contributed by atoms with Gasteiger partial charge in [-0.25, -0.2) is 14.4 Å². The minimum absolute atomic E-state index is 0.0255. The summed E-state index contributed by atoms with van der Waals surface area (Å²) in [4.78, 5) is 118. The Labute approximate surface area is 417 Å². The second-order valence-electron chi connectivity index (χ2n) is 17.5. The maximum absolute atomic E-state index is 12.3. The standard InChI is InChI=1S/C48H83N5O18/c1-35(2)39(54)22-19-36(46(62)63)52-42(57)24-21-38(48(66)67)53-44(59)34-71-32-30-69-28-26-50-43(58)33-70-31-29-68-27-25-49-40(55)23-20-37(47(64)65)51-41(56)17-15-13-11-9-7-5-3-4-6-8-10-12-14-16-18-45(60)61/h35-38H,3-34H2,1-2H3,(H,49,55)(H,50,58)(H,51,56)(H,52,57)(H,53,59)(H,60,61)(H,62,63)(H,64,65)(H,66,67)/t36-,37-,38-/m0/s1. The monoisotopic (exact) mass is 1020 g/mol. The Morgan fingerprint density at radius 2 is 0.704 bits per heavy atom. The molecule has 0 heterocycles. The fraction of sp³-hybridized carbons (Fsp3) is 0.792. The largest absolute Gasteiger partial charge is 0.481 e. The number of hydrogen-bond donors (Lipinski definition) is 9. The first-order valence-corrected chi connectivity index (χ1v) is 25.1. The summed E-state index contributed by atoms with van der Waals surface area (Å²) in [6.07, 6.45) is 14.3. The second kappa shape index (κ2) is 43.5. The first kappa shape index (κ1) is 65.7. The summed E-state index contributed by atoms with van der Waals surface area (Å²) in [6, 6.07) is -3.94. The van der Waals surface area contributed by atoms with Crippen molar-refractivity contribution in [3.05, 3.63) is 0 Å². The lowest BCUT2D eigenvalue weighted by Gasteiger charge is -2.17. The normalized spacial score (nSPS) is 12.3. The van der Waals surface area contributed by atoms with E-state index >= 15 is 0 Å². The second-order valence-corrected chi connectivity index (χ2v) is 17.5. The summed E-state index contributed by atoms with van der Waals surface area (Å²) < 4.78 is 21.1. The van der Waals surface area contributed by atoms with Gasteiger partial charge in [-0.05, 0) is 32.1 Å². The highest BCUT2D eigenvalue weighted by molar-refractivity contribution is 5.87. The number of amides is 5. The van der Waals surface area contributed by atoms with Crippen LogP contribution < -0.4 is 26.6 Å². The third kappa shape index (κ3) is 41.1. The molecular weight excluding hydrogens is 935 g/mol. The first-order chi connectivity index (χ1) is 33.9. The third-order valence-electron chi connectivity index (χ3n) is 10.9. The molecule has 0 aromatic heterocycles. The number of hydrogen-bond acceptors (Lipinski definition) is 14. The van der Waals surface area contributed by atoms with Crippen LogP contribution in [-0.4, -0.2) is 164 Å². The molecule has 0 aliphatic rings. The van der Waals surface area contributed by atoms with Gasteiger partial charge in [0.15, 0.2) is 0 Å². The number of aliphatic carboxylic acids is 4. The van der Waals surface area contributed by atoms with E-state index in [4.69, 9.17) is 24.1 Å². The Morgan fingerprint density at radius 3 is 1.13 bits per heavy atom. The average molecular weight is 1020 g/mol. The van der Waals surface area contributed by atoms with Gasteiger partial charge in [0.25, 0.3) is 0 Å². The van der Waals surface area contributed by atoms with Crippen LogP contribution in [0.25, 0.3) is 0 Å². The maximum atomic E-state index is 12.3. The van der Waals surface area contributed by atoms with Crippen LogP contribution in [0.2, 0.25) is 0 Å². The molecule has 0 saturated carbocycles. The van der Waals surface area contributed by atoms with E-state index in [1.165, 1.54) is 32.1 Å². The van der Waals surface area contributed by atoms with Gasteiger partial charge in [0, 0.05) is 51.1 Å². The van der Waals surface area contributed by atoms with Gasteiger partial charge in [-0.2, -0.15) is 0 Å². The van der Waals surface area contributed by atoms with Gasteiger partial charge in [-0.3, -0.25) is 33.6 Å². The molecule has 3 atom stereocenters. The fourth-order valence-electron chi connectivity index (χ4n) is 6.78. The average Bonchev–Trinajstić information content (AvgIpc) is 3.31. The molecule has 9 N–H and O–H groups in total. The number of carbonyl (C=O) groups excluding carboxylic acids is 6. The summed E-state index contributed by atoms with van der Waals surface area (Å²) >= 11 is 0. The van der Waals surface area contributed by atoms with Crippen molar-refractivity contribution in [2.24, 2.45) is 5.92 Å². The minimum Gasteiger partial charge on any atom is -0.481 e. The summed E-state index contributed by atoms with van der Waals surface area (Å²) in [5.41, 5.74) is 0. The van der Waals surface area contributed by atoms with Gasteiger partial charge < -0.3 is 66.0 Å². The summed E-state index contributed by atoms with van der Waals surface area (Å²) in [5, 5.41) is 49.2. The van der Waals surface area contributed by atoms with Crippen molar-refractivity contribution >= 4 is 59.2 Å². The topological polar surface area (TPSA) is 349 Å². The molecule has 23 nitrogen and oxygen atoms in total. The molecule has 71 heavy (non-hydrogen) atoms. The van der Waals surface area contributed by atoms with E-state index in [1.807, 2.05) is 0 Å². The van der Waals surface area contributed by atoms with Crippen molar-refractivity contribution in [2.45, 2.75) is 173 Å². The Bertz CT molecular complexity index is 1580. The minimum atomic E-state index is -1.44. The number of carboxylic acids is 4. The number of rotatable bonds is 49. The highest BCUT2D eigenvalue weighted by Gasteiger charge is 2.25. The molecule has 0 spiro atoms. The van der Waals surface area contributed by atoms with E-state index in [0.717, 1.165) is 51.4 Å². The fourth-order valence-corrected chi connectivity index (χ4v) is 6.78. The SMILES string of the molecule is CC(C)C(=O)CC[C@H](NC(=O)CC[C@H](NC(=O)COCCOCCNC(=O)COCCOCCNC(=O)CC[C@H](NC(=O)CCCCCCCCCCCCCCCCC(=O)O)C(=O)O)C(=O)O)C(=O)O. The third-order valence-corrected chi connectivity index (χ3v) is 10.9. The van der Waals surface area contributed by atoms with E-state index in [-0.39, 0.29) is 128 Å². The van der Waals surface area contributed by atoms with Crippen molar-refractivity contribution in [1.82, 2.24) is 26.6 Å². The van der Waals surface area contributed by atoms with Crippen molar-refractivity contribution in [3.8, 4) is 0 Å². The summed E-state index contributed by atoms with van der Waals surface area (Å²) in [6.45, 7) is 3.47. The molecule has 0 aliphatic carbocycles. The number of carbonyl (C=O) groups is 10. The van der Waals surface area contributed by atoms with Crippen molar-refractivity contribution < 1.29 is 87.3 Å². The number of Topliss-reactive ketones (excluding diaryl/α,β-unsaturated/α-hetero) is 1. The lowest BCUT2D eigenvalue weighted by atomic mass is 10.0. The van der Waals surface area contributed by atoms with Gasteiger partial charge in [0.2, 0.25) is 29.5 Å². The van der Waals surface area contributed by atoms with Crippen LogP contribution in [0.15, 0.2) is 0 Å². The molecule has 0 aliphatic heterocycles.